The molecule has 8 heteroatoms. The van der Waals surface area contributed by atoms with Crippen molar-refractivity contribution >= 4 is 5.97 Å². The van der Waals surface area contributed by atoms with Gasteiger partial charge in [-0.05, 0) is 12.1 Å². The molecule has 1 aromatic rings. The number of carbonyl (C=O) groups excluding carboxylic acids is 1. The van der Waals surface area contributed by atoms with E-state index in [1.165, 1.54) is 0 Å². The highest BCUT2D eigenvalue weighted by molar-refractivity contribution is 5.90. The minimum Gasteiger partial charge on any atom is -0.465 e. The second kappa shape index (κ2) is 6.48. The third-order valence-corrected chi connectivity index (χ3v) is 2.14. The Labute approximate surface area is 107 Å². The quantitative estimate of drug-likeness (QED) is 0.651. The molecule has 0 amide bonds. The maximum absolute atomic E-state index is 12.5. The highest BCUT2D eigenvalue weighted by Crippen LogP contribution is 2.28. The van der Waals surface area contributed by atoms with Crippen molar-refractivity contribution in [3.05, 3.63) is 29.1 Å². The van der Waals surface area contributed by atoms with Crippen LogP contribution in [-0.4, -0.2) is 36.4 Å². The molecule has 0 bridgehead atoms. The van der Waals surface area contributed by atoms with E-state index in [1.54, 1.807) is 0 Å². The van der Waals surface area contributed by atoms with Gasteiger partial charge in [-0.1, -0.05) is 0 Å². The molecular formula is C11H12F3NO4. The fourth-order valence-electron chi connectivity index (χ4n) is 1.30. The van der Waals surface area contributed by atoms with Gasteiger partial charge in [-0.25, -0.2) is 9.78 Å². The minimum atomic E-state index is -4.61. The van der Waals surface area contributed by atoms with E-state index in [9.17, 15) is 18.0 Å². The number of nitrogens with zero attached hydrogens (tertiary/aromatic N) is 1. The molecule has 106 valence electrons. The van der Waals surface area contributed by atoms with Gasteiger partial charge in [0, 0.05) is 0 Å². The van der Waals surface area contributed by atoms with Crippen molar-refractivity contribution in [2.75, 3.05) is 20.3 Å². The van der Waals surface area contributed by atoms with E-state index in [4.69, 9.17) is 9.84 Å². The number of hydrogen-bond acceptors (Lipinski definition) is 5. The minimum absolute atomic E-state index is 0.0709. The Hall–Kier alpha value is -1.67. The van der Waals surface area contributed by atoms with Gasteiger partial charge in [0.05, 0.1) is 38.2 Å². The number of methoxy groups -OCH3 is 1. The smallest absolute Gasteiger partial charge is 0.433 e. The van der Waals surface area contributed by atoms with Gasteiger partial charge in [0.15, 0.2) is 0 Å². The summed E-state index contributed by atoms with van der Waals surface area (Å²) in [5.74, 6) is -0.802. The van der Waals surface area contributed by atoms with Crippen LogP contribution in [0.1, 0.15) is 21.7 Å². The molecule has 0 unspecified atom stereocenters. The van der Waals surface area contributed by atoms with Crippen LogP contribution in [0, 0.1) is 0 Å². The standard InChI is InChI=1S/C11H12F3NO4/c1-18-10(17)7-2-3-9(11(12,13)14)15-8(7)6-19-5-4-16/h2-3,16H,4-6H2,1H3. The molecule has 5 nitrogen and oxygen atoms in total. The van der Waals surface area contributed by atoms with Crippen LogP contribution in [0.4, 0.5) is 13.2 Å². The number of pyridine rings is 1. The van der Waals surface area contributed by atoms with Crippen LogP contribution in [-0.2, 0) is 22.3 Å². The van der Waals surface area contributed by atoms with Crippen molar-refractivity contribution in [1.29, 1.82) is 0 Å². The lowest BCUT2D eigenvalue weighted by Crippen LogP contribution is -2.15. The van der Waals surface area contributed by atoms with E-state index in [2.05, 4.69) is 9.72 Å². The first-order valence-corrected chi connectivity index (χ1v) is 5.24. The van der Waals surface area contributed by atoms with Crippen molar-refractivity contribution < 1.29 is 32.5 Å². The molecule has 0 spiro atoms. The summed E-state index contributed by atoms with van der Waals surface area (Å²) in [7, 11) is 1.11. The maximum atomic E-state index is 12.5. The summed E-state index contributed by atoms with van der Waals surface area (Å²) in [5.41, 5.74) is -1.41. The number of aromatic nitrogens is 1. The number of aliphatic hydroxyl groups excluding tert-OH is 1. The molecule has 1 N–H and O–H groups in total. The molecule has 0 aliphatic heterocycles. The van der Waals surface area contributed by atoms with Crippen molar-refractivity contribution in [3.63, 3.8) is 0 Å². The lowest BCUT2D eigenvalue weighted by Gasteiger charge is -2.11. The van der Waals surface area contributed by atoms with Gasteiger partial charge in [-0.2, -0.15) is 13.2 Å². The first kappa shape index (κ1) is 15.4. The van der Waals surface area contributed by atoms with E-state index in [0.717, 1.165) is 13.2 Å². The summed E-state index contributed by atoms with van der Waals surface area (Å²) in [6.45, 7) is -0.681. The first-order valence-electron chi connectivity index (χ1n) is 5.24. The van der Waals surface area contributed by atoms with E-state index < -0.39 is 17.8 Å². The summed E-state index contributed by atoms with van der Waals surface area (Å²) < 4.78 is 46.9. The SMILES string of the molecule is COC(=O)c1ccc(C(F)(F)F)nc1COCCO. The summed E-state index contributed by atoms with van der Waals surface area (Å²) in [4.78, 5) is 14.7. The summed E-state index contributed by atoms with van der Waals surface area (Å²) in [6, 6.07) is 1.68. The van der Waals surface area contributed by atoms with Gasteiger partial charge in [0.2, 0.25) is 0 Å². The van der Waals surface area contributed by atoms with Crippen LogP contribution < -0.4 is 0 Å². The first-order chi connectivity index (χ1) is 8.90. The molecule has 19 heavy (non-hydrogen) atoms. The Morgan fingerprint density at radius 2 is 2.11 bits per heavy atom. The molecular weight excluding hydrogens is 267 g/mol. The zero-order valence-corrected chi connectivity index (χ0v) is 10.0. The molecule has 0 radical (unpaired) electrons. The van der Waals surface area contributed by atoms with Gasteiger partial charge >= 0.3 is 12.1 Å². The van der Waals surface area contributed by atoms with E-state index >= 15 is 0 Å². The molecule has 0 fully saturated rings. The number of ether oxygens (including phenoxy) is 2. The summed E-state index contributed by atoms with van der Waals surface area (Å²) >= 11 is 0. The fourth-order valence-corrected chi connectivity index (χ4v) is 1.30. The Morgan fingerprint density at radius 3 is 2.63 bits per heavy atom. The number of aliphatic hydroxyl groups is 1. The summed E-state index contributed by atoms with van der Waals surface area (Å²) in [6.07, 6.45) is -4.61. The molecule has 1 heterocycles. The largest absolute Gasteiger partial charge is 0.465 e. The number of esters is 1. The molecule has 0 atom stereocenters. The van der Waals surface area contributed by atoms with Crippen LogP contribution >= 0.6 is 0 Å². The zero-order chi connectivity index (χ0) is 14.5. The third kappa shape index (κ3) is 4.18. The molecule has 0 saturated heterocycles. The van der Waals surface area contributed by atoms with E-state index in [-0.39, 0.29) is 31.1 Å². The van der Waals surface area contributed by atoms with Crippen molar-refractivity contribution in [3.8, 4) is 0 Å². The number of carbonyl (C=O) groups is 1. The molecule has 0 saturated carbocycles. The van der Waals surface area contributed by atoms with Gasteiger partial charge in [-0.15, -0.1) is 0 Å². The van der Waals surface area contributed by atoms with Crippen molar-refractivity contribution in [1.82, 2.24) is 4.98 Å². The van der Waals surface area contributed by atoms with Gasteiger partial charge in [0.1, 0.15) is 5.69 Å². The van der Waals surface area contributed by atoms with Crippen LogP contribution in [0.2, 0.25) is 0 Å². The van der Waals surface area contributed by atoms with Gasteiger partial charge in [0.25, 0.3) is 0 Å². The highest BCUT2D eigenvalue weighted by Gasteiger charge is 2.33. The van der Waals surface area contributed by atoms with Gasteiger partial charge in [-0.3, -0.25) is 0 Å². The number of hydrogen-bond donors (Lipinski definition) is 1. The highest BCUT2D eigenvalue weighted by atomic mass is 19.4. The topological polar surface area (TPSA) is 68.7 Å². The Bertz CT molecular complexity index is 448. The lowest BCUT2D eigenvalue weighted by molar-refractivity contribution is -0.141. The fraction of sp³-hybridized carbons (Fsp3) is 0.455. The predicted molar refractivity (Wildman–Crippen MR) is 57.3 cm³/mol. The second-order valence-electron chi connectivity index (χ2n) is 3.46. The lowest BCUT2D eigenvalue weighted by atomic mass is 10.1. The van der Waals surface area contributed by atoms with Crippen molar-refractivity contribution in [2.24, 2.45) is 0 Å². The predicted octanol–water partition coefficient (Wildman–Crippen LogP) is 1.40. The Morgan fingerprint density at radius 1 is 1.42 bits per heavy atom. The van der Waals surface area contributed by atoms with Crippen molar-refractivity contribution in [2.45, 2.75) is 12.8 Å². The number of halogens is 3. The normalized spacial score (nSPS) is 11.4. The average Bonchev–Trinajstić information content (AvgIpc) is 2.37. The third-order valence-electron chi connectivity index (χ3n) is 2.14. The molecule has 0 aliphatic rings. The average molecular weight is 279 g/mol. The summed E-state index contributed by atoms with van der Waals surface area (Å²) in [5, 5.41) is 8.54. The van der Waals surface area contributed by atoms with E-state index in [0.29, 0.717) is 6.07 Å². The van der Waals surface area contributed by atoms with Crippen LogP contribution in [0.5, 0.6) is 0 Å². The van der Waals surface area contributed by atoms with Gasteiger partial charge < -0.3 is 14.6 Å². The second-order valence-corrected chi connectivity index (χ2v) is 3.46. The molecule has 0 aromatic carbocycles. The van der Waals surface area contributed by atoms with Crippen LogP contribution in [0.25, 0.3) is 0 Å². The molecule has 0 aliphatic carbocycles. The number of rotatable bonds is 5. The molecule has 1 rings (SSSR count). The zero-order valence-electron chi connectivity index (χ0n) is 10.0. The Balaban J connectivity index is 3.07. The molecule has 1 aromatic heterocycles. The van der Waals surface area contributed by atoms with E-state index in [1.807, 2.05) is 0 Å². The Kier molecular flexibility index (Phi) is 5.25. The van der Waals surface area contributed by atoms with Crippen LogP contribution in [0.3, 0.4) is 0 Å². The monoisotopic (exact) mass is 279 g/mol. The number of alkyl halides is 3. The van der Waals surface area contributed by atoms with Crippen LogP contribution in [0.15, 0.2) is 12.1 Å². The maximum Gasteiger partial charge on any atom is 0.433 e.